The molecular weight excluding hydrogens is 256 g/mol. The first-order valence-electron chi connectivity index (χ1n) is 6.74. The van der Waals surface area contributed by atoms with Crippen LogP contribution in [0.4, 0.5) is 11.6 Å². The Balaban J connectivity index is 2.29. The molecule has 1 fully saturated rings. The lowest BCUT2D eigenvalue weighted by molar-refractivity contribution is -0.118. The molecule has 20 heavy (non-hydrogen) atoms. The summed E-state index contributed by atoms with van der Waals surface area (Å²) in [5.41, 5.74) is 8.23. The van der Waals surface area contributed by atoms with Crippen LogP contribution in [-0.4, -0.2) is 21.4 Å². The molecule has 0 unspecified atom stereocenters. The number of aromatic nitrogens is 2. The zero-order chi connectivity index (χ0) is 14.9. The Morgan fingerprint density at radius 1 is 1.35 bits per heavy atom. The van der Waals surface area contributed by atoms with Crippen LogP contribution in [0.25, 0.3) is 0 Å². The van der Waals surface area contributed by atoms with Crippen LogP contribution in [0.1, 0.15) is 50.4 Å². The molecule has 0 saturated heterocycles. The number of nitrogen functional groups attached to an aromatic ring is 1. The van der Waals surface area contributed by atoms with Crippen LogP contribution in [0.15, 0.2) is 0 Å². The van der Waals surface area contributed by atoms with E-state index in [1.165, 1.54) is 0 Å². The number of amides is 1. The van der Waals surface area contributed by atoms with Gasteiger partial charge in [0.1, 0.15) is 17.5 Å². The first kappa shape index (κ1) is 14.5. The smallest absolute Gasteiger partial charge is 0.219 e. The van der Waals surface area contributed by atoms with Gasteiger partial charge in [-0.2, -0.15) is 0 Å². The summed E-state index contributed by atoms with van der Waals surface area (Å²) in [4.78, 5) is 20.1. The first-order valence-corrected chi connectivity index (χ1v) is 6.74. The van der Waals surface area contributed by atoms with Gasteiger partial charge in [-0.25, -0.2) is 15.8 Å². The largest absolute Gasteiger partial charge is 0.370 e. The zero-order valence-corrected chi connectivity index (χ0v) is 12.2. The number of primary amides is 1. The summed E-state index contributed by atoms with van der Waals surface area (Å²) in [7, 11) is 0. The molecule has 0 aliphatic heterocycles. The monoisotopic (exact) mass is 278 g/mol. The second kappa shape index (κ2) is 5.24. The van der Waals surface area contributed by atoms with Gasteiger partial charge in [0.15, 0.2) is 0 Å². The summed E-state index contributed by atoms with van der Waals surface area (Å²) >= 11 is 0. The van der Waals surface area contributed by atoms with Gasteiger partial charge >= 0.3 is 0 Å². The van der Waals surface area contributed by atoms with E-state index >= 15 is 0 Å². The summed E-state index contributed by atoms with van der Waals surface area (Å²) in [6.45, 7) is 5.70. The summed E-state index contributed by atoms with van der Waals surface area (Å²) in [6, 6.07) is 0. The Kier molecular flexibility index (Phi) is 3.80. The Bertz CT molecular complexity index is 524. The van der Waals surface area contributed by atoms with Crippen molar-refractivity contribution in [1.82, 2.24) is 9.97 Å². The highest BCUT2D eigenvalue weighted by Gasteiger charge is 2.29. The number of carbonyl (C=O) groups excluding carboxylic acids is 1. The molecule has 6 N–H and O–H groups in total. The topological polar surface area (TPSA) is 119 Å². The maximum atomic E-state index is 11.1. The van der Waals surface area contributed by atoms with Crippen molar-refractivity contribution >= 4 is 17.5 Å². The Hall–Kier alpha value is -1.89. The van der Waals surface area contributed by atoms with E-state index in [-0.39, 0.29) is 12.3 Å². The highest BCUT2D eigenvalue weighted by molar-refractivity contribution is 5.75. The van der Waals surface area contributed by atoms with Crippen LogP contribution in [0.5, 0.6) is 0 Å². The quantitative estimate of drug-likeness (QED) is 0.455. The SMILES string of the molecule is Cc1c(NN)nc(C2CC2)nc1NC(C)(C)CC(N)=O. The highest BCUT2D eigenvalue weighted by atomic mass is 16.1. The van der Waals surface area contributed by atoms with E-state index < -0.39 is 5.54 Å². The maximum absolute atomic E-state index is 11.1. The van der Waals surface area contributed by atoms with Gasteiger partial charge in [-0.15, -0.1) is 0 Å². The van der Waals surface area contributed by atoms with Gasteiger partial charge in [-0.05, 0) is 33.6 Å². The summed E-state index contributed by atoms with van der Waals surface area (Å²) < 4.78 is 0. The lowest BCUT2D eigenvalue weighted by Crippen LogP contribution is -2.36. The third-order valence-electron chi connectivity index (χ3n) is 3.32. The van der Waals surface area contributed by atoms with E-state index in [1.54, 1.807) is 0 Å². The van der Waals surface area contributed by atoms with Crippen LogP contribution in [0.3, 0.4) is 0 Å². The Labute approximate surface area is 118 Å². The molecule has 1 amide bonds. The molecule has 1 heterocycles. The van der Waals surface area contributed by atoms with E-state index in [2.05, 4.69) is 20.7 Å². The lowest BCUT2D eigenvalue weighted by atomic mass is 10.00. The van der Waals surface area contributed by atoms with E-state index in [4.69, 9.17) is 11.6 Å². The second-order valence-corrected chi connectivity index (χ2v) is 5.97. The number of nitrogens with two attached hydrogens (primary N) is 2. The molecule has 7 heteroatoms. The van der Waals surface area contributed by atoms with Crippen molar-refractivity contribution < 1.29 is 4.79 Å². The van der Waals surface area contributed by atoms with Gasteiger partial charge in [0.2, 0.25) is 5.91 Å². The lowest BCUT2D eigenvalue weighted by Gasteiger charge is -2.27. The molecule has 110 valence electrons. The summed E-state index contributed by atoms with van der Waals surface area (Å²) in [5.74, 6) is 7.68. The first-order chi connectivity index (χ1) is 9.32. The van der Waals surface area contributed by atoms with Gasteiger partial charge in [-0.1, -0.05) is 0 Å². The number of nitrogens with zero attached hydrogens (tertiary/aromatic N) is 2. The van der Waals surface area contributed by atoms with Gasteiger partial charge in [-0.3, -0.25) is 4.79 Å². The van der Waals surface area contributed by atoms with E-state index in [9.17, 15) is 4.79 Å². The fourth-order valence-corrected chi connectivity index (χ4v) is 2.12. The molecule has 7 nitrogen and oxygen atoms in total. The van der Waals surface area contributed by atoms with E-state index in [1.807, 2.05) is 20.8 Å². The Morgan fingerprint density at radius 3 is 2.45 bits per heavy atom. The van der Waals surface area contributed by atoms with Crippen molar-refractivity contribution in [1.29, 1.82) is 0 Å². The summed E-state index contributed by atoms with van der Waals surface area (Å²) in [6.07, 6.45) is 2.44. The molecule has 0 bridgehead atoms. The average Bonchev–Trinajstić information content (AvgIpc) is 3.13. The van der Waals surface area contributed by atoms with Crippen molar-refractivity contribution in [3.8, 4) is 0 Å². The fraction of sp³-hybridized carbons (Fsp3) is 0.615. The number of carbonyl (C=O) groups is 1. The number of hydrogen-bond acceptors (Lipinski definition) is 6. The minimum absolute atomic E-state index is 0.223. The van der Waals surface area contributed by atoms with Gasteiger partial charge in [0.05, 0.1) is 0 Å². The molecule has 1 aromatic heterocycles. The van der Waals surface area contributed by atoms with Gasteiger partial charge < -0.3 is 16.5 Å². The van der Waals surface area contributed by atoms with E-state index in [0.29, 0.717) is 17.6 Å². The van der Waals surface area contributed by atoms with Crippen molar-refractivity contribution in [3.05, 3.63) is 11.4 Å². The number of nitrogens with one attached hydrogen (secondary N) is 2. The van der Waals surface area contributed by atoms with Crippen LogP contribution in [-0.2, 0) is 4.79 Å². The molecule has 2 rings (SSSR count). The number of hydrogen-bond donors (Lipinski definition) is 4. The van der Waals surface area contributed by atoms with Crippen LogP contribution < -0.4 is 22.3 Å². The normalized spacial score (nSPS) is 15.0. The van der Waals surface area contributed by atoms with Gasteiger partial charge in [0.25, 0.3) is 0 Å². The highest BCUT2D eigenvalue weighted by Crippen LogP contribution is 2.39. The number of hydrazine groups is 1. The molecule has 1 saturated carbocycles. The zero-order valence-electron chi connectivity index (χ0n) is 12.2. The second-order valence-electron chi connectivity index (χ2n) is 5.97. The third kappa shape index (κ3) is 3.36. The molecule has 1 aliphatic carbocycles. The molecule has 0 aromatic carbocycles. The predicted molar refractivity (Wildman–Crippen MR) is 78.1 cm³/mol. The average molecular weight is 278 g/mol. The van der Waals surface area contributed by atoms with Crippen molar-refractivity contribution in [3.63, 3.8) is 0 Å². The third-order valence-corrected chi connectivity index (χ3v) is 3.32. The van der Waals surface area contributed by atoms with Crippen LogP contribution in [0, 0.1) is 6.92 Å². The van der Waals surface area contributed by atoms with Crippen LogP contribution in [0.2, 0.25) is 0 Å². The molecule has 0 atom stereocenters. The maximum Gasteiger partial charge on any atom is 0.219 e. The van der Waals surface area contributed by atoms with Gasteiger partial charge in [0, 0.05) is 23.4 Å². The minimum atomic E-state index is -0.475. The Morgan fingerprint density at radius 2 is 1.95 bits per heavy atom. The summed E-state index contributed by atoms with van der Waals surface area (Å²) in [5, 5.41) is 3.27. The standard InChI is InChI=1S/C13H22N6O/c1-7-10(18-13(2,3)6-9(14)20)16-12(8-4-5-8)17-11(7)19-15/h8H,4-6,15H2,1-3H3,(H2,14,20)(H2,16,17,18,19). The van der Waals surface area contributed by atoms with Crippen molar-refractivity contribution in [2.75, 3.05) is 10.7 Å². The molecular formula is C13H22N6O. The molecule has 0 spiro atoms. The van der Waals surface area contributed by atoms with Crippen molar-refractivity contribution in [2.24, 2.45) is 11.6 Å². The number of anilines is 2. The molecule has 0 radical (unpaired) electrons. The fourth-order valence-electron chi connectivity index (χ4n) is 2.12. The predicted octanol–water partition coefficient (Wildman–Crippen LogP) is 1.01. The molecule has 1 aliphatic rings. The number of rotatable bonds is 6. The molecule has 1 aromatic rings. The van der Waals surface area contributed by atoms with Crippen LogP contribution >= 0.6 is 0 Å². The van der Waals surface area contributed by atoms with Crippen molar-refractivity contribution in [2.45, 2.75) is 51.5 Å². The minimum Gasteiger partial charge on any atom is -0.370 e. The van der Waals surface area contributed by atoms with E-state index in [0.717, 1.165) is 24.2 Å².